The van der Waals surface area contributed by atoms with Gasteiger partial charge in [-0.3, -0.25) is 4.79 Å². The van der Waals surface area contributed by atoms with E-state index >= 15 is 0 Å². The van der Waals surface area contributed by atoms with E-state index in [-0.39, 0.29) is 29.6 Å². The molecule has 0 amide bonds. The monoisotopic (exact) mass is 398 g/mol. The summed E-state index contributed by atoms with van der Waals surface area (Å²) in [6.07, 6.45) is 10.7. The maximum absolute atomic E-state index is 14.4. The second-order valence-electron chi connectivity index (χ2n) is 8.66. The molecule has 1 aliphatic carbocycles. The molecule has 1 aliphatic rings. The minimum atomic E-state index is -1.05. The summed E-state index contributed by atoms with van der Waals surface area (Å²) in [5.41, 5.74) is -0.236. The summed E-state index contributed by atoms with van der Waals surface area (Å²) in [5.74, 6) is -0.790. The van der Waals surface area contributed by atoms with Crippen LogP contribution < -0.4 is 0 Å². The molecule has 2 N–H and O–H groups in total. The van der Waals surface area contributed by atoms with Crippen molar-refractivity contribution in [2.24, 2.45) is 17.3 Å². The van der Waals surface area contributed by atoms with Crippen LogP contribution in [0, 0.1) is 17.3 Å². The first-order valence-corrected chi connectivity index (χ1v) is 10.6. The van der Waals surface area contributed by atoms with Gasteiger partial charge in [0.05, 0.1) is 19.3 Å². The number of allylic oxidation sites excluding steroid dienone is 2. The van der Waals surface area contributed by atoms with Gasteiger partial charge in [-0.2, -0.15) is 0 Å². The number of hydrogen-bond acceptors (Lipinski definition) is 4. The predicted octanol–water partition coefficient (Wildman–Crippen LogP) is 4.74. The number of aliphatic hydroxyl groups is 2. The smallest absolute Gasteiger partial charge is 0.305 e. The van der Waals surface area contributed by atoms with Gasteiger partial charge < -0.3 is 14.9 Å². The molecule has 4 nitrogen and oxygen atoms in total. The quantitative estimate of drug-likeness (QED) is 0.283. The van der Waals surface area contributed by atoms with E-state index in [0.717, 1.165) is 25.7 Å². The molecule has 0 bridgehead atoms. The van der Waals surface area contributed by atoms with Crippen molar-refractivity contribution in [1.29, 1.82) is 0 Å². The van der Waals surface area contributed by atoms with E-state index in [1.54, 1.807) is 6.08 Å². The summed E-state index contributed by atoms with van der Waals surface area (Å²) in [4.78, 5) is 11.1. The number of carbonyl (C=O) groups is 1. The van der Waals surface area contributed by atoms with Gasteiger partial charge in [-0.15, -0.1) is 0 Å². The molecule has 5 atom stereocenters. The third-order valence-corrected chi connectivity index (χ3v) is 5.92. The largest absolute Gasteiger partial charge is 0.469 e. The molecule has 1 saturated carbocycles. The van der Waals surface area contributed by atoms with Crippen molar-refractivity contribution in [3.63, 3.8) is 0 Å². The summed E-state index contributed by atoms with van der Waals surface area (Å²) < 4.78 is 19.0. The number of ether oxygens (including phenoxy) is 1. The molecular weight excluding hydrogens is 359 g/mol. The Morgan fingerprint density at radius 2 is 2.04 bits per heavy atom. The van der Waals surface area contributed by atoms with Gasteiger partial charge in [0, 0.05) is 24.7 Å². The summed E-state index contributed by atoms with van der Waals surface area (Å²) in [6.45, 7) is 6.20. The third-order valence-electron chi connectivity index (χ3n) is 5.92. The zero-order chi connectivity index (χ0) is 21.2. The molecule has 0 aromatic heterocycles. The fraction of sp³-hybridized carbons (Fsp3) is 0.783. The predicted molar refractivity (Wildman–Crippen MR) is 111 cm³/mol. The van der Waals surface area contributed by atoms with Gasteiger partial charge in [0.15, 0.2) is 0 Å². The van der Waals surface area contributed by atoms with E-state index in [1.165, 1.54) is 7.11 Å². The van der Waals surface area contributed by atoms with Crippen molar-refractivity contribution < 1.29 is 24.1 Å². The maximum Gasteiger partial charge on any atom is 0.305 e. The van der Waals surface area contributed by atoms with E-state index in [0.29, 0.717) is 19.3 Å². The molecular formula is C23H39FO4. The Kier molecular flexibility index (Phi) is 11.0. The molecule has 0 radical (unpaired) electrons. The molecule has 1 rings (SSSR count). The lowest BCUT2D eigenvalue weighted by Crippen LogP contribution is -2.28. The number of aliphatic hydroxyl groups excluding tert-OH is 2. The lowest BCUT2D eigenvalue weighted by Gasteiger charge is -2.29. The van der Waals surface area contributed by atoms with E-state index in [9.17, 15) is 19.4 Å². The number of methoxy groups -OCH3 is 1. The van der Waals surface area contributed by atoms with Crippen molar-refractivity contribution in [1.82, 2.24) is 0 Å². The van der Waals surface area contributed by atoms with Gasteiger partial charge in [0.25, 0.3) is 0 Å². The SMILES string of the molecule is CCCCC(C)(C)C(O)C=C[C@H]1C(O)CC(F)[C@@H]1CC=CCCCC(=O)OC. The zero-order valence-electron chi connectivity index (χ0n) is 17.9. The fourth-order valence-electron chi connectivity index (χ4n) is 3.78. The summed E-state index contributed by atoms with van der Waals surface area (Å²) in [5, 5.41) is 20.8. The van der Waals surface area contributed by atoms with Crippen molar-refractivity contribution in [2.75, 3.05) is 7.11 Å². The molecule has 1 fully saturated rings. The number of esters is 1. The summed E-state index contributed by atoms with van der Waals surface area (Å²) in [6, 6.07) is 0. The standard InChI is InChI=1S/C23H39FO4/c1-5-6-15-23(2,3)21(26)14-13-18-17(19(24)16-20(18)25)11-9-7-8-10-12-22(27)28-4/h7,9,13-14,17-21,25-26H,5-6,8,10-12,15-16H2,1-4H3/t17-,18-,19?,20?,21?/m1/s1. The molecule has 162 valence electrons. The lowest BCUT2D eigenvalue weighted by atomic mass is 9.80. The second kappa shape index (κ2) is 12.4. The molecule has 0 spiro atoms. The van der Waals surface area contributed by atoms with Crippen LogP contribution in [0.4, 0.5) is 4.39 Å². The first-order valence-electron chi connectivity index (χ1n) is 10.6. The lowest BCUT2D eigenvalue weighted by molar-refractivity contribution is -0.140. The Morgan fingerprint density at radius 3 is 2.68 bits per heavy atom. The van der Waals surface area contributed by atoms with Crippen LogP contribution in [-0.2, 0) is 9.53 Å². The zero-order valence-corrected chi connectivity index (χ0v) is 17.9. The van der Waals surface area contributed by atoms with Crippen LogP contribution in [0.2, 0.25) is 0 Å². The minimum absolute atomic E-state index is 0.144. The van der Waals surface area contributed by atoms with Crippen LogP contribution in [0.15, 0.2) is 24.3 Å². The van der Waals surface area contributed by atoms with Crippen LogP contribution in [0.5, 0.6) is 0 Å². The van der Waals surface area contributed by atoms with Gasteiger partial charge in [-0.1, -0.05) is 57.9 Å². The van der Waals surface area contributed by atoms with Gasteiger partial charge in [0.2, 0.25) is 0 Å². The van der Waals surface area contributed by atoms with E-state index in [4.69, 9.17) is 0 Å². The van der Waals surface area contributed by atoms with Gasteiger partial charge in [-0.25, -0.2) is 4.39 Å². The van der Waals surface area contributed by atoms with E-state index < -0.39 is 18.4 Å². The normalized spacial score (nSPS) is 27.0. The molecule has 0 aliphatic heterocycles. The molecule has 0 aromatic carbocycles. The van der Waals surface area contributed by atoms with Crippen molar-refractivity contribution in [3.05, 3.63) is 24.3 Å². The molecule has 0 saturated heterocycles. The van der Waals surface area contributed by atoms with E-state index in [2.05, 4.69) is 11.7 Å². The number of rotatable bonds is 12. The second-order valence-corrected chi connectivity index (χ2v) is 8.66. The van der Waals surface area contributed by atoms with Crippen LogP contribution in [0.1, 0.15) is 72.1 Å². The Morgan fingerprint density at radius 1 is 1.32 bits per heavy atom. The topological polar surface area (TPSA) is 66.8 Å². The average Bonchev–Trinajstić information content (AvgIpc) is 2.93. The molecule has 0 aromatic rings. The molecule has 3 unspecified atom stereocenters. The summed E-state index contributed by atoms with van der Waals surface area (Å²) >= 11 is 0. The third kappa shape index (κ3) is 8.04. The highest BCUT2D eigenvalue weighted by atomic mass is 19.1. The number of alkyl halides is 1. The van der Waals surface area contributed by atoms with Crippen LogP contribution in [0.3, 0.4) is 0 Å². The van der Waals surface area contributed by atoms with Gasteiger partial charge in [0.1, 0.15) is 6.17 Å². The van der Waals surface area contributed by atoms with Crippen LogP contribution in [0.25, 0.3) is 0 Å². The number of unbranched alkanes of at least 4 members (excludes halogenated alkanes) is 2. The van der Waals surface area contributed by atoms with Crippen molar-refractivity contribution >= 4 is 5.97 Å². The molecule has 28 heavy (non-hydrogen) atoms. The number of carbonyl (C=O) groups excluding carboxylic acids is 1. The Labute approximate surface area is 169 Å². The Bertz CT molecular complexity index is 515. The van der Waals surface area contributed by atoms with Crippen molar-refractivity contribution in [3.8, 4) is 0 Å². The Balaban J connectivity index is 2.59. The maximum atomic E-state index is 14.4. The minimum Gasteiger partial charge on any atom is -0.469 e. The highest BCUT2D eigenvalue weighted by Crippen LogP contribution is 2.39. The average molecular weight is 399 g/mol. The van der Waals surface area contributed by atoms with Crippen LogP contribution >= 0.6 is 0 Å². The Hall–Kier alpha value is -1.20. The van der Waals surface area contributed by atoms with Crippen molar-refractivity contribution in [2.45, 2.75) is 90.5 Å². The fourth-order valence-corrected chi connectivity index (χ4v) is 3.78. The first kappa shape index (κ1) is 24.8. The van der Waals surface area contributed by atoms with Crippen LogP contribution in [-0.4, -0.2) is 41.7 Å². The first-order chi connectivity index (χ1) is 13.2. The number of halogens is 1. The van der Waals surface area contributed by atoms with E-state index in [1.807, 2.05) is 32.1 Å². The highest BCUT2D eigenvalue weighted by Gasteiger charge is 2.41. The molecule has 0 heterocycles. The highest BCUT2D eigenvalue weighted by molar-refractivity contribution is 5.69. The van der Waals surface area contributed by atoms with Gasteiger partial charge in [-0.05, 0) is 31.1 Å². The molecule has 5 heteroatoms. The summed E-state index contributed by atoms with van der Waals surface area (Å²) in [7, 11) is 1.38. The van der Waals surface area contributed by atoms with Gasteiger partial charge >= 0.3 is 5.97 Å². The number of hydrogen-bond donors (Lipinski definition) is 2.